The highest BCUT2D eigenvalue weighted by Gasteiger charge is 2.20. The SMILES string of the molecule is Cn1ccc(-c2ccc3oc(-c4nc5ccc(C(=O)O)cc5o4)c(N)c3c2)n1. The lowest BCUT2D eigenvalue weighted by molar-refractivity contribution is 0.0697. The van der Waals surface area contributed by atoms with Gasteiger partial charge in [-0.05, 0) is 42.5 Å². The molecule has 138 valence electrons. The van der Waals surface area contributed by atoms with E-state index in [1.54, 1.807) is 10.7 Å². The van der Waals surface area contributed by atoms with E-state index in [1.807, 2.05) is 37.5 Å². The Morgan fingerprint density at radius 2 is 1.96 bits per heavy atom. The summed E-state index contributed by atoms with van der Waals surface area (Å²) in [5.74, 6) is -0.531. The first kappa shape index (κ1) is 16.1. The van der Waals surface area contributed by atoms with Crippen LogP contribution in [0, 0.1) is 0 Å². The number of hydrogen-bond donors (Lipinski definition) is 2. The molecule has 0 spiro atoms. The van der Waals surface area contributed by atoms with Gasteiger partial charge in [0.15, 0.2) is 5.58 Å². The number of carbonyl (C=O) groups is 1. The van der Waals surface area contributed by atoms with E-state index in [0.29, 0.717) is 28.1 Å². The molecule has 0 aliphatic carbocycles. The van der Waals surface area contributed by atoms with E-state index in [-0.39, 0.29) is 11.5 Å². The molecule has 2 aromatic carbocycles. The number of nitrogens with zero attached hydrogens (tertiary/aromatic N) is 3. The van der Waals surface area contributed by atoms with E-state index >= 15 is 0 Å². The lowest BCUT2D eigenvalue weighted by Gasteiger charge is -1.97. The number of furan rings is 1. The molecule has 8 heteroatoms. The number of anilines is 1. The zero-order valence-corrected chi connectivity index (χ0v) is 14.7. The van der Waals surface area contributed by atoms with Gasteiger partial charge in [-0.2, -0.15) is 5.10 Å². The van der Waals surface area contributed by atoms with Crippen molar-refractivity contribution < 1.29 is 18.7 Å². The van der Waals surface area contributed by atoms with Crippen molar-refractivity contribution in [1.29, 1.82) is 0 Å². The third-order valence-electron chi connectivity index (χ3n) is 4.57. The van der Waals surface area contributed by atoms with Gasteiger partial charge in [-0.3, -0.25) is 4.68 Å². The molecule has 28 heavy (non-hydrogen) atoms. The fraction of sp³-hybridized carbons (Fsp3) is 0.0500. The topological polar surface area (TPSA) is 120 Å². The van der Waals surface area contributed by atoms with Crippen LogP contribution in [-0.2, 0) is 7.05 Å². The van der Waals surface area contributed by atoms with Gasteiger partial charge in [-0.15, -0.1) is 0 Å². The fourth-order valence-corrected chi connectivity index (χ4v) is 3.16. The van der Waals surface area contributed by atoms with Crippen LogP contribution in [0.25, 0.3) is 45.0 Å². The Morgan fingerprint density at radius 1 is 1.11 bits per heavy atom. The third-order valence-corrected chi connectivity index (χ3v) is 4.57. The Labute approximate surface area is 157 Å². The molecule has 5 aromatic rings. The van der Waals surface area contributed by atoms with Crippen molar-refractivity contribution in [3.63, 3.8) is 0 Å². The highest BCUT2D eigenvalue weighted by Crippen LogP contribution is 2.38. The number of rotatable bonds is 3. The molecule has 0 amide bonds. The summed E-state index contributed by atoms with van der Waals surface area (Å²) < 4.78 is 13.3. The van der Waals surface area contributed by atoms with Crippen LogP contribution < -0.4 is 5.73 Å². The Hall–Kier alpha value is -4.07. The largest absolute Gasteiger partial charge is 0.478 e. The van der Waals surface area contributed by atoms with E-state index in [2.05, 4.69) is 10.1 Å². The van der Waals surface area contributed by atoms with Gasteiger partial charge in [-0.1, -0.05) is 0 Å². The molecule has 3 N–H and O–H groups in total. The van der Waals surface area contributed by atoms with E-state index in [0.717, 1.165) is 16.6 Å². The molecule has 0 fully saturated rings. The van der Waals surface area contributed by atoms with Crippen LogP contribution in [0.3, 0.4) is 0 Å². The average molecular weight is 374 g/mol. The molecule has 0 saturated heterocycles. The molecule has 3 heterocycles. The minimum atomic E-state index is -1.04. The summed E-state index contributed by atoms with van der Waals surface area (Å²) in [6.07, 6.45) is 1.87. The highest BCUT2D eigenvalue weighted by molar-refractivity contribution is 5.99. The molecule has 3 aromatic heterocycles. The summed E-state index contributed by atoms with van der Waals surface area (Å²) in [4.78, 5) is 15.5. The van der Waals surface area contributed by atoms with Crippen molar-refractivity contribution in [2.45, 2.75) is 0 Å². The molecule has 0 aliphatic heterocycles. The van der Waals surface area contributed by atoms with Gasteiger partial charge in [0.05, 0.1) is 16.9 Å². The quantitative estimate of drug-likeness (QED) is 0.491. The fourth-order valence-electron chi connectivity index (χ4n) is 3.16. The second kappa shape index (κ2) is 5.71. The van der Waals surface area contributed by atoms with Gasteiger partial charge in [0.1, 0.15) is 11.1 Å². The molecular formula is C20H14N4O4. The standard InChI is InChI=1S/C20H14N4O4/c1-24-7-6-13(23-24)10-3-5-15-12(8-10)17(21)18(27-15)19-22-14-4-2-11(20(25)26)9-16(14)28-19/h2-9H,21H2,1H3,(H,25,26). The molecule has 8 nitrogen and oxygen atoms in total. The monoisotopic (exact) mass is 374 g/mol. The number of benzene rings is 2. The third kappa shape index (κ3) is 2.43. The Balaban J connectivity index is 1.63. The maximum Gasteiger partial charge on any atom is 0.335 e. The van der Waals surface area contributed by atoms with Gasteiger partial charge >= 0.3 is 5.97 Å². The summed E-state index contributed by atoms with van der Waals surface area (Å²) in [7, 11) is 1.86. The van der Waals surface area contributed by atoms with Crippen molar-refractivity contribution in [2.24, 2.45) is 7.05 Å². The first-order valence-electron chi connectivity index (χ1n) is 8.46. The maximum absolute atomic E-state index is 11.1. The van der Waals surface area contributed by atoms with Crippen molar-refractivity contribution in [2.75, 3.05) is 5.73 Å². The first-order chi connectivity index (χ1) is 13.5. The van der Waals surface area contributed by atoms with Crippen LogP contribution in [-0.4, -0.2) is 25.8 Å². The Bertz CT molecular complexity index is 1380. The summed E-state index contributed by atoms with van der Waals surface area (Å²) in [6.45, 7) is 0. The summed E-state index contributed by atoms with van der Waals surface area (Å²) in [6, 6.07) is 12.0. The minimum absolute atomic E-state index is 0.118. The molecule has 0 saturated carbocycles. The van der Waals surface area contributed by atoms with Crippen molar-refractivity contribution in [3.05, 3.63) is 54.2 Å². The van der Waals surface area contributed by atoms with E-state index in [4.69, 9.17) is 19.7 Å². The number of nitrogen functional groups attached to an aromatic ring is 1. The Kier molecular flexibility index (Phi) is 3.29. The van der Waals surface area contributed by atoms with Gasteiger partial charge in [-0.25, -0.2) is 9.78 Å². The van der Waals surface area contributed by atoms with E-state index in [9.17, 15) is 4.79 Å². The van der Waals surface area contributed by atoms with Gasteiger partial charge in [0, 0.05) is 24.2 Å². The van der Waals surface area contributed by atoms with Crippen LogP contribution in [0.4, 0.5) is 5.69 Å². The molecular weight excluding hydrogens is 360 g/mol. The number of carboxylic acid groups (broad SMARTS) is 1. The van der Waals surface area contributed by atoms with Gasteiger partial charge < -0.3 is 19.7 Å². The van der Waals surface area contributed by atoms with Crippen LogP contribution in [0.2, 0.25) is 0 Å². The lowest BCUT2D eigenvalue weighted by Crippen LogP contribution is -1.94. The number of aryl methyl sites for hydroxylation is 1. The second-order valence-electron chi connectivity index (χ2n) is 6.44. The number of oxazole rings is 1. The summed E-state index contributed by atoms with van der Waals surface area (Å²) >= 11 is 0. The predicted molar refractivity (Wildman–Crippen MR) is 103 cm³/mol. The van der Waals surface area contributed by atoms with Crippen molar-refractivity contribution >= 4 is 33.7 Å². The maximum atomic E-state index is 11.1. The van der Waals surface area contributed by atoms with Gasteiger partial charge in [0.25, 0.3) is 5.89 Å². The number of fused-ring (bicyclic) bond motifs is 2. The highest BCUT2D eigenvalue weighted by atomic mass is 16.4. The molecule has 0 aliphatic rings. The average Bonchev–Trinajstić information content (AvgIpc) is 3.37. The van der Waals surface area contributed by atoms with Crippen molar-refractivity contribution in [1.82, 2.24) is 14.8 Å². The zero-order valence-electron chi connectivity index (χ0n) is 14.7. The molecule has 0 unspecified atom stereocenters. The lowest BCUT2D eigenvalue weighted by atomic mass is 10.1. The molecule has 0 bridgehead atoms. The first-order valence-corrected chi connectivity index (χ1v) is 8.46. The van der Waals surface area contributed by atoms with E-state index < -0.39 is 5.97 Å². The molecule has 0 radical (unpaired) electrons. The van der Waals surface area contributed by atoms with Gasteiger partial charge in [0.2, 0.25) is 5.76 Å². The van der Waals surface area contributed by atoms with Crippen molar-refractivity contribution in [3.8, 4) is 22.9 Å². The van der Waals surface area contributed by atoms with Crippen LogP contribution in [0.5, 0.6) is 0 Å². The second-order valence-corrected chi connectivity index (χ2v) is 6.44. The number of carboxylic acids is 1. The van der Waals surface area contributed by atoms with Crippen LogP contribution >= 0.6 is 0 Å². The molecule has 5 rings (SSSR count). The Morgan fingerprint density at radius 3 is 2.71 bits per heavy atom. The summed E-state index contributed by atoms with van der Waals surface area (Å²) in [5.41, 5.74) is 10.0. The number of hydrogen-bond acceptors (Lipinski definition) is 6. The van der Waals surface area contributed by atoms with E-state index in [1.165, 1.54) is 12.1 Å². The normalized spacial score (nSPS) is 11.5. The van der Waals surface area contributed by atoms with Crippen LogP contribution in [0.1, 0.15) is 10.4 Å². The predicted octanol–water partition coefficient (Wildman–Crippen LogP) is 3.92. The zero-order chi connectivity index (χ0) is 19.4. The number of aromatic nitrogens is 3. The minimum Gasteiger partial charge on any atom is -0.478 e. The number of nitrogens with two attached hydrogens (primary N) is 1. The smallest absolute Gasteiger partial charge is 0.335 e. The molecule has 0 atom stereocenters. The number of aromatic carboxylic acids is 1. The summed E-state index contributed by atoms with van der Waals surface area (Å²) in [5, 5.41) is 14.3. The van der Waals surface area contributed by atoms with Crippen LogP contribution in [0.15, 0.2) is 57.5 Å².